The third-order valence-corrected chi connectivity index (χ3v) is 4.67. The van der Waals surface area contributed by atoms with Crippen LogP contribution in [0.2, 0.25) is 0 Å². The first-order chi connectivity index (χ1) is 11.9. The molecule has 1 fully saturated rings. The molecule has 1 aromatic rings. The summed E-state index contributed by atoms with van der Waals surface area (Å²) < 4.78 is 0. The van der Waals surface area contributed by atoms with Gasteiger partial charge in [-0.25, -0.2) is 4.79 Å². The first-order valence-electron chi connectivity index (χ1n) is 9.42. The largest absolute Gasteiger partial charge is 0.393 e. The van der Waals surface area contributed by atoms with E-state index in [-0.39, 0.29) is 6.03 Å². The normalized spacial score (nSPS) is 22.4. The van der Waals surface area contributed by atoms with Crippen molar-refractivity contribution in [2.45, 2.75) is 52.8 Å². The van der Waals surface area contributed by atoms with Crippen molar-refractivity contribution >= 4 is 6.03 Å². The van der Waals surface area contributed by atoms with E-state index in [1.54, 1.807) is 6.92 Å². The number of hydrogen-bond acceptors (Lipinski definition) is 3. The topological polar surface area (TPSA) is 64.6 Å². The van der Waals surface area contributed by atoms with Gasteiger partial charge < -0.3 is 15.7 Å². The number of amides is 2. The average molecular weight is 348 g/mol. The summed E-state index contributed by atoms with van der Waals surface area (Å²) in [6.07, 6.45) is 1.51. The number of benzene rings is 1. The summed E-state index contributed by atoms with van der Waals surface area (Å²) in [5.41, 5.74) is 2.42. The number of hydrogen-bond donors (Lipinski definition) is 3. The molecule has 3 unspecified atom stereocenters. The van der Waals surface area contributed by atoms with E-state index < -0.39 is 6.10 Å². The highest BCUT2D eigenvalue weighted by molar-refractivity contribution is 5.73. The lowest BCUT2D eigenvalue weighted by atomic mass is 9.91. The highest BCUT2D eigenvalue weighted by atomic mass is 16.3. The lowest BCUT2D eigenvalue weighted by Crippen LogP contribution is -2.38. The molecule has 2 amide bonds. The van der Waals surface area contributed by atoms with Crippen LogP contribution in [0.4, 0.5) is 4.79 Å². The molecule has 140 valence electrons. The van der Waals surface area contributed by atoms with Gasteiger partial charge in [0.1, 0.15) is 0 Å². The molecule has 5 heteroatoms. The maximum Gasteiger partial charge on any atom is 0.315 e. The molecule has 0 aromatic heterocycles. The SMILES string of the molecule is CC(O)CCNC(=O)NCc1ccc(CN2CC(C)CC(C)C2)cc1. The number of aliphatic hydroxyl groups is 1. The molecular weight excluding hydrogens is 314 g/mol. The van der Waals surface area contributed by atoms with Gasteiger partial charge in [0.15, 0.2) is 0 Å². The molecule has 1 saturated heterocycles. The number of rotatable bonds is 7. The van der Waals surface area contributed by atoms with Crippen molar-refractivity contribution in [1.29, 1.82) is 0 Å². The number of piperidine rings is 1. The molecule has 3 N–H and O–H groups in total. The van der Waals surface area contributed by atoms with Crippen LogP contribution in [-0.4, -0.2) is 41.8 Å². The second kappa shape index (κ2) is 9.78. The van der Waals surface area contributed by atoms with Crippen LogP contribution in [0.15, 0.2) is 24.3 Å². The molecule has 3 atom stereocenters. The molecule has 25 heavy (non-hydrogen) atoms. The minimum absolute atomic E-state index is 0.194. The fraction of sp³-hybridized carbons (Fsp3) is 0.650. The van der Waals surface area contributed by atoms with Crippen molar-refractivity contribution in [1.82, 2.24) is 15.5 Å². The van der Waals surface area contributed by atoms with E-state index in [0.29, 0.717) is 19.5 Å². The number of nitrogens with one attached hydrogen (secondary N) is 2. The number of aliphatic hydroxyl groups excluding tert-OH is 1. The third kappa shape index (κ3) is 7.45. The molecule has 2 rings (SSSR count). The van der Waals surface area contributed by atoms with Crippen LogP contribution in [-0.2, 0) is 13.1 Å². The van der Waals surface area contributed by atoms with Crippen LogP contribution in [0.3, 0.4) is 0 Å². The second-order valence-corrected chi connectivity index (χ2v) is 7.70. The number of urea groups is 1. The maximum absolute atomic E-state index is 11.7. The van der Waals surface area contributed by atoms with Crippen LogP contribution in [0, 0.1) is 11.8 Å². The lowest BCUT2D eigenvalue weighted by Gasteiger charge is -2.35. The lowest BCUT2D eigenvalue weighted by molar-refractivity contribution is 0.134. The molecule has 1 aromatic carbocycles. The summed E-state index contributed by atoms with van der Waals surface area (Å²) in [6, 6.07) is 8.30. The maximum atomic E-state index is 11.7. The van der Waals surface area contributed by atoms with Gasteiger partial charge in [-0.05, 0) is 42.7 Å². The first kappa shape index (κ1) is 19.7. The van der Waals surface area contributed by atoms with Gasteiger partial charge in [0.05, 0.1) is 6.10 Å². The number of nitrogens with zero attached hydrogens (tertiary/aromatic N) is 1. The summed E-state index contributed by atoms with van der Waals surface area (Å²) in [5, 5.41) is 14.8. The molecule has 5 nitrogen and oxygen atoms in total. The van der Waals surface area contributed by atoms with Crippen molar-refractivity contribution in [3.05, 3.63) is 35.4 Å². The molecule has 1 aliphatic rings. The Morgan fingerprint density at radius 1 is 1.16 bits per heavy atom. The van der Waals surface area contributed by atoms with Crippen molar-refractivity contribution in [2.24, 2.45) is 11.8 Å². The van der Waals surface area contributed by atoms with Gasteiger partial charge in [-0.2, -0.15) is 0 Å². The van der Waals surface area contributed by atoms with Gasteiger partial charge in [-0.1, -0.05) is 38.1 Å². The Bertz CT molecular complexity index is 520. The molecule has 0 bridgehead atoms. The summed E-state index contributed by atoms with van der Waals surface area (Å²) in [6.45, 7) is 10.7. The van der Waals surface area contributed by atoms with Crippen molar-refractivity contribution < 1.29 is 9.90 Å². The minimum atomic E-state index is -0.390. The molecule has 0 radical (unpaired) electrons. The zero-order valence-corrected chi connectivity index (χ0v) is 15.8. The van der Waals surface area contributed by atoms with Crippen LogP contribution in [0.5, 0.6) is 0 Å². The van der Waals surface area contributed by atoms with E-state index in [1.165, 1.54) is 25.1 Å². The predicted octanol–water partition coefficient (Wildman–Crippen LogP) is 2.73. The molecule has 0 spiro atoms. The monoisotopic (exact) mass is 347 g/mol. The van der Waals surface area contributed by atoms with E-state index in [0.717, 1.165) is 23.9 Å². The average Bonchev–Trinajstić information content (AvgIpc) is 2.53. The zero-order chi connectivity index (χ0) is 18.2. The van der Waals surface area contributed by atoms with Gasteiger partial charge in [-0.15, -0.1) is 0 Å². The predicted molar refractivity (Wildman–Crippen MR) is 101 cm³/mol. The van der Waals surface area contributed by atoms with Gasteiger partial charge >= 0.3 is 6.03 Å². The van der Waals surface area contributed by atoms with Gasteiger partial charge in [0.25, 0.3) is 0 Å². The summed E-state index contributed by atoms with van der Waals surface area (Å²) in [5.74, 6) is 1.55. The second-order valence-electron chi connectivity index (χ2n) is 7.70. The Labute approximate surface area is 151 Å². The Hall–Kier alpha value is -1.59. The molecule has 0 saturated carbocycles. The highest BCUT2D eigenvalue weighted by Crippen LogP contribution is 2.22. The Kier molecular flexibility index (Phi) is 7.72. The third-order valence-electron chi connectivity index (χ3n) is 4.67. The van der Waals surface area contributed by atoms with E-state index >= 15 is 0 Å². The van der Waals surface area contributed by atoms with Gasteiger partial charge in [0, 0.05) is 32.7 Å². The molecule has 0 aliphatic carbocycles. The molecular formula is C20H33N3O2. The van der Waals surface area contributed by atoms with E-state index in [4.69, 9.17) is 0 Å². The van der Waals surface area contributed by atoms with Crippen LogP contribution >= 0.6 is 0 Å². The van der Waals surface area contributed by atoms with E-state index in [2.05, 4.69) is 53.6 Å². The van der Waals surface area contributed by atoms with Gasteiger partial charge in [-0.3, -0.25) is 4.90 Å². The molecule has 1 heterocycles. The Balaban J connectivity index is 1.73. The minimum Gasteiger partial charge on any atom is -0.393 e. The number of likely N-dealkylation sites (tertiary alicyclic amines) is 1. The zero-order valence-electron chi connectivity index (χ0n) is 15.8. The van der Waals surface area contributed by atoms with Crippen LogP contribution in [0.1, 0.15) is 44.7 Å². The highest BCUT2D eigenvalue weighted by Gasteiger charge is 2.21. The Morgan fingerprint density at radius 2 is 1.76 bits per heavy atom. The fourth-order valence-electron chi connectivity index (χ4n) is 3.58. The van der Waals surface area contributed by atoms with Crippen molar-refractivity contribution in [3.63, 3.8) is 0 Å². The van der Waals surface area contributed by atoms with Crippen molar-refractivity contribution in [3.8, 4) is 0 Å². The number of carbonyl (C=O) groups is 1. The van der Waals surface area contributed by atoms with Crippen LogP contribution in [0.25, 0.3) is 0 Å². The smallest absolute Gasteiger partial charge is 0.315 e. The summed E-state index contributed by atoms with van der Waals surface area (Å²) in [7, 11) is 0. The van der Waals surface area contributed by atoms with Crippen molar-refractivity contribution in [2.75, 3.05) is 19.6 Å². The Morgan fingerprint density at radius 3 is 2.36 bits per heavy atom. The quantitative estimate of drug-likeness (QED) is 0.711. The van der Waals surface area contributed by atoms with E-state index in [1.807, 2.05) is 0 Å². The first-order valence-corrected chi connectivity index (χ1v) is 9.42. The fourth-order valence-corrected chi connectivity index (χ4v) is 3.58. The van der Waals surface area contributed by atoms with E-state index in [9.17, 15) is 9.90 Å². The summed E-state index contributed by atoms with van der Waals surface area (Å²) in [4.78, 5) is 14.2. The number of carbonyl (C=O) groups excluding carboxylic acids is 1. The van der Waals surface area contributed by atoms with Crippen LogP contribution < -0.4 is 10.6 Å². The standard InChI is InChI=1S/C20H33N3O2/c1-15-10-16(2)13-23(12-15)14-19-6-4-18(5-7-19)11-22-20(25)21-9-8-17(3)24/h4-7,15-17,24H,8-14H2,1-3H3,(H2,21,22,25). The summed E-state index contributed by atoms with van der Waals surface area (Å²) >= 11 is 0. The van der Waals surface area contributed by atoms with Gasteiger partial charge in [0.2, 0.25) is 0 Å². The molecule has 1 aliphatic heterocycles.